The Labute approximate surface area is 186 Å². The van der Waals surface area contributed by atoms with E-state index in [9.17, 15) is 13.2 Å². The fraction of sp³-hybridized carbons (Fsp3) is 0.318. The zero-order valence-electron chi connectivity index (χ0n) is 17.4. The van der Waals surface area contributed by atoms with Gasteiger partial charge in [0.1, 0.15) is 5.75 Å². The second-order valence-corrected chi connectivity index (χ2v) is 9.47. The standard InChI is InChI=1S/C22H24N4O5S/c27-21(22-24-20(25-31-22)16-32(28,29)19-4-2-1-3-5-19)23-14-17-6-8-18(9-7-17)15-26-10-12-30-13-11-26/h1-9H,10-16H2,(H,23,27). The van der Waals surface area contributed by atoms with Crippen molar-refractivity contribution in [1.29, 1.82) is 0 Å². The van der Waals surface area contributed by atoms with Crippen LogP contribution in [-0.4, -0.2) is 55.7 Å². The molecule has 1 N–H and O–H groups in total. The molecule has 9 nitrogen and oxygen atoms in total. The van der Waals surface area contributed by atoms with E-state index in [0.29, 0.717) is 0 Å². The van der Waals surface area contributed by atoms with Crippen molar-refractivity contribution in [1.82, 2.24) is 20.4 Å². The molecule has 1 amide bonds. The van der Waals surface area contributed by atoms with Gasteiger partial charge in [0.2, 0.25) is 0 Å². The Kier molecular flexibility index (Phi) is 6.93. The number of morpholine rings is 1. The quantitative estimate of drug-likeness (QED) is 0.546. The molecule has 1 fully saturated rings. The normalized spacial score (nSPS) is 14.9. The molecule has 0 saturated carbocycles. The van der Waals surface area contributed by atoms with Gasteiger partial charge in [-0.3, -0.25) is 9.69 Å². The molecule has 168 valence electrons. The number of aromatic nitrogens is 2. The van der Waals surface area contributed by atoms with E-state index in [-0.39, 0.29) is 23.2 Å². The molecule has 1 saturated heterocycles. The maximum absolute atomic E-state index is 12.4. The number of nitrogens with one attached hydrogen (secondary N) is 1. The summed E-state index contributed by atoms with van der Waals surface area (Å²) in [6, 6.07) is 16.0. The predicted octanol–water partition coefficient (Wildman–Crippen LogP) is 1.81. The summed E-state index contributed by atoms with van der Waals surface area (Å²) < 4.78 is 35.1. The highest BCUT2D eigenvalue weighted by Gasteiger charge is 2.21. The van der Waals surface area contributed by atoms with Crippen molar-refractivity contribution in [3.8, 4) is 0 Å². The number of sulfone groups is 1. The molecule has 0 atom stereocenters. The number of hydrogen-bond donors (Lipinski definition) is 1. The number of benzene rings is 2. The zero-order chi connectivity index (χ0) is 22.4. The van der Waals surface area contributed by atoms with Crippen LogP contribution in [0.15, 0.2) is 64.0 Å². The average Bonchev–Trinajstić information content (AvgIpc) is 3.27. The lowest BCUT2D eigenvalue weighted by Crippen LogP contribution is -2.35. The third-order valence-electron chi connectivity index (χ3n) is 5.07. The number of carbonyl (C=O) groups excluding carboxylic acids is 1. The number of hydrogen-bond acceptors (Lipinski definition) is 8. The number of amides is 1. The van der Waals surface area contributed by atoms with Crippen LogP contribution in [-0.2, 0) is 33.4 Å². The summed E-state index contributed by atoms with van der Waals surface area (Å²) in [5.41, 5.74) is 2.12. The molecule has 1 aromatic heterocycles. The molecule has 0 spiro atoms. The largest absolute Gasteiger partial charge is 0.379 e. The van der Waals surface area contributed by atoms with Crippen LogP contribution in [0.1, 0.15) is 27.6 Å². The Morgan fingerprint density at radius 2 is 1.69 bits per heavy atom. The lowest BCUT2D eigenvalue weighted by atomic mass is 10.1. The smallest absolute Gasteiger partial charge is 0.315 e. The first kappa shape index (κ1) is 22.1. The fourth-order valence-corrected chi connectivity index (χ4v) is 4.52. The first-order valence-corrected chi connectivity index (χ1v) is 11.9. The first-order chi connectivity index (χ1) is 15.5. The second-order valence-electron chi connectivity index (χ2n) is 7.48. The van der Waals surface area contributed by atoms with Gasteiger partial charge in [-0.05, 0) is 23.3 Å². The van der Waals surface area contributed by atoms with Crippen LogP contribution in [0.5, 0.6) is 0 Å². The Morgan fingerprint density at radius 1 is 1.00 bits per heavy atom. The summed E-state index contributed by atoms with van der Waals surface area (Å²) in [4.78, 5) is 18.7. The van der Waals surface area contributed by atoms with Gasteiger partial charge in [-0.2, -0.15) is 4.98 Å². The van der Waals surface area contributed by atoms with Crippen LogP contribution in [0.2, 0.25) is 0 Å². The average molecular weight is 457 g/mol. The van der Waals surface area contributed by atoms with Gasteiger partial charge in [0.15, 0.2) is 15.7 Å². The summed E-state index contributed by atoms with van der Waals surface area (Å²) in [5.74, 6) is -1.34. The number of carbonyl (C=O) groups is 1. The first-order valence-electron chi connectivity index (χ1n) is 10.3. The highest BCUT2D eigenvalue weighted by Crippen LogP contribution is 2.14. The van der Waals surface area contributed by atoms with Crippen LogP contribution in [0.3, 0.4) is 0 Å². The van der Waals surface area contributed by atoms with Crippen molar-refractivity contribution in [2.75, 3.05) is 26.3 Å². The number of rotatable bonds is 8. The summed E-state index contributed by atoms with van der Waals surface area (Å²) >= 11 is 0. The van der Waals surface area contributed by atoms with Gasteiger partial charge in [-0.15, -0.1) is 0 Å². The van der Waals surface area contributed by atoms with Crippen molar-refractivity contribution in [2.24, 2.45) is 0 Å². The Hall–Kier alpha value is -3.08. The molecule has 32 heavy (non-hydrogen) atoms. The zero-order valence-corrected chi connectivity index (χ0v) is 18.3. The van der Waals surface area contributed by atoms with Gasteiger partial charge in [0.25, 0.3) is 0 Å². The van der Waals surface area contributed by atoms with Gasteiger partial charge in [-0.25, -0.2) is 8.42 Å². The van der Waals surface area contributed by atoms with Crippen molar-refractivity contribution >= 4 is 15.7 Å². The van der Waals surface area contributed by atoms with Crippen molar-refractivity contribution in [3.05, 3.63) is 77.4 Å². The van der Waals surface area contributed by atoms with Gasteiger partial charge in [0.05, 0.1) is 18.1 Å². The molecule has 1 aliphatic heterocycles. The SMILES string of the molecule is O=C(NCc1ccc(CN2CCOCC2)cc1)c1nc(CS(=O)(=O)c2ccccc2)no1. The van der Waals surface area contributed by atoms with E-state index >= 15 is 0 Å². The van der Waals surface area contributed by atoms with Crippen molar-refractivity contribution < 1.29 is 22.5 Å². The molecule has 0 aliphatic carbocycles. The topological polar surface area (TPSA) is 115 Å². The van der Waals surface area contributed by atoms with Gasteiger partial charge >= 0.3 is 11.8 Å². The molecule has 2 aromatic carbocycles. The van der Waals surface area contributed by atoms with E-state index in [2.05, 4.69) is 20.4 Å². The second kappa shape index (κ2) is 10.0. The lowest BCUT2D eigenvalue weighted by molar-refractivity contribution is 0.0342. The van der Waals surface area contributed by atoms with Crippen molar-refractivity contribution in [2.45, 2.75) is 23.7 Å². The molecule has 1 aliphatic rings. The summed E-state index contributed by atoms with van der Waals surface area (Å²) in [6.45, 7) is 4.54. The molecule has 0 radical (unpaired) electrons. The van der Waals surface area contributed by atoms with Crippen LogP contribution in [0.25, 0.3) is 0 Å². The summed E-state index contributed by atoms with van der Waals surface area (Å²) in [6.07, 6.45) is 0. The summed E-state index contributed by atoms with van der Waals surface area (Å²) in [7, 11) is -3.62. The monoisotopic (exact) mass is 456 g/mol. The minimum atomic E-state index is -3.62. The fourth-order valence-electron chi connectivity index (χ4n) is 3.32. The number of ether oxygens (including phenoxy) is 1. The van der Waals surface area contributed by atoms with E-state index < -0.39 is 21.5 Å². The van der Waals surface area contributed by atoms with E-state index in [0.717, 1.165) is 38.4 Å². The molecule has 4 rings (SSSR count). The Bertz CT molecular complexity index is 1140. The van der Waals surface area contributed by atoms with Crippen LogP contribution in [0.4, 0.5) is 0 Å². The lowest BCUT2D eigenvalue weighted by Gasteiger charge is -2.26. The van der Waals surface area contributed by atoms with Gasteiger partial charge in [-0.1, -0.05) is 47.6 Å². The molecule has 2 heterocycles. The maximum Gasteiger partial charge on any atom is 0.315 e. The van der Waals surface area contributed by atoms with Crippen LogP contribution >= 0.6 is 0 Å². The molecular weight excluding hydrogens is 432 g/mol. The summed E-state index contributed by atoms with van der Waals surface area (Å²) in [5, 5.41) is 6.34. The third kappa shape index (κ3) is 5.78. The van der Waals surface area contributed by atoms with E-state index in [4.69, 9.17) is 9.26 Å². The molecular formula is C22H24N4O5S. The highest BCUT2D eigenvalue weighted by atomic mass is 32.2. The molecule has 10 heteroatoms. The molecule has 3 aromatic rings. The van der Waals surface area contributed by atoms with E-state index in [1.165, 1.54) is 17.7 Å². The Balaban J connectivity index is 1.29. The van der Waals surface area contributed by atoms with Crippen molar-refractivity contribution in [3.63, 3.8) is 0 Å². The Morgan fingerprint density at radius 3 is 2.41 bits per heavy atom. The van der Waals surface area contributed by atoms with Crippen LogP contribution < -0.4 is 5.32 Å². The minimum absolute atomic E-state index is 0.0635. The van der Waals surface area contributed by atoms with Gasteiger partial charge in [0, 0.05) is 26.2 Å². The minimum Gasteiger partial charge on any atom is -0.379 e. The molecule has 0 bridgehead atoms. The molecule has 0 unspecified atom stereocenters. The third-order valence-corrected chi connectivity index (χ3v) is 6.70. The predicted molar refractivity (Wildman–Crippen MR) is 115 cm³/mol. The van der Waals surface area contributed by atoms with Crippen LogP contribution in [0, 0.1) is 0 Å². The number of nitrogens with zero attached hydrogens (tertiary/aromatic N) is 3. The highest BCUT2D eigenvalue weighted by molar-refractivity contribution is 7.90. The van der Waals surface area contributed by atoms with E-state index in [1.54, 1.807) is 18.2 Å². The van der Waals surface area contributed by atoms with Gasteiger partial charge < -0.3 is 14.6 Å². The van der Waals surface area contributed by atoms with E-state index in [1.807, 2.05) is 24.3 Å². The maximum atomic E-state index is 12.4.